The average molecular weight is 273 g/mol. The number of carbonyl (C=O) groups is 1. The van der Waals surface area contributed by atoms with E-state index < -0.39 is 0 Å². The number of carbonyl (C=O) groups excluding carboxylic acids is 1. The first-order chi connectivity index (χ1) is 9.78. The van der Waals surface area contributed by atoms with Gasteiger partial charge in [-0.3, -0.25) is 4.79 Å². The number of pyridine rings is 1. The second-order valence-electron chi connectivity index (χ2n) is 4.83. The first kappa shape index (κ1) is 12.7. The summed E-state index contributed by atoms with van der Waals surface area (Å²) in [6.45, 7) is 1.43. The van der Waals surface area contributed by atoms with Gasteiger partial charge >= 0.3 is 0 Å². The Morgan fingerprint density at radius 3 is 2.95 bits per heavy atom. The maximum absolute atomic E-state index is 12.3. The highest BCUT2D eigenvalue weighted by Crippen LogP contribution is 2.18. The zero-order valence-corrected chi connectivity index (χ0v) is 10.9. The van der Waals surface area contributed by atoms with Crippen LogP contribution >= 0.6 is 0 Å². The van der Waals surface area contributed by atoms with Crippen LogP contribution in [0.1, 0.15) is 16.8 Å². The molecule has 1 fully saturated rings. The molecule has 1 amide bonds. The van der Waals surface area contributed by atoms with E-state index in [-0.39, 0.29) is 18.4 Å². The summed E-state index contributed by atoms with van der Waals surface area (Å²) in [7, 11) is 0. The topological polar surface area (TPSA) is 84.1 Å². The largest absolute Gasteiger partial charge is 0.396 e. The second kappa shape index (κ2) is 5.38. The van der Waals surface area contributed by atoms with Crippen LogP contribution < -0.4 is 0 Å². The van der Waals surface area contributed by atoms with Crippen LogP contribution in [-0.2, 0) is 0 Å². The van der Waals surface area contributed by atoms with E-state index in [0.717, 1.165) is 6.42 Å². The Morgan fingerprint density at radius 2 is 2.35 bits per heavy atom. The molecule has 104 valence electrons. The van der Waals surface area contributed by atoms with E-state index in [4.69, 9.17) is 5.11 Å². The van der Waals surface area contributed by atoms with E-state index in [9.17, 15) is 4.79 Å². The summed E-state index contributed by atoms with van der Waals surface area (Å²) in [5, 5.41) is 13.1. The van der Waals surface area contributed by atoms with Gasteiger partial charge in [-0.15, -0.1) is 0 Å². The number of rotatable bonds is 3. The van der Waals surface area contributed by atoms with Gasteiger partial charge in [0.25, 0.3) is 5.91 Å². The van der Waals surface area contributed by atoms with Gasteiger partial charge in [0.1, 0.15) is 12.7 Å². The summed E-state index contributed by atoms with van der Waals surface area (Å²) in [5.74, 6) is 0.772. The van der Waals surface area contributed by atoms with Gasteiger partial charge in [0, 0.05) is 31.8 Å². The molecule has 0 radical (unpaired) electrons. The SMILES string of the molecule is O=C(c1ccc(-n2cncn2)nc1)N1CCC(CO)C1. The van der Waals surface area contributed by atoms with Crippen LogP contribution in [0, 0.1) is 5.92 Å². The van der Waals surface area contributed by atoms with E-state index in [1.807, 2.05) is 0 Å². The number of aliphatic hydroxyl groups excluding tert-OH is 1. The molecule has 2 aromatic heterocycles. The molecule has 1 aliphatic rings. The summed E-state index contributed by atoms with van der Waals surface area (Å²) in [4.78, 5) is 22.1. The minimum atomic E-state index is -0.0430. The predicted octanol–water partition coefficient (Wildman–Crippen LogP) is 0.117. The number of hydrogen-bond donors (Lipinski definition) is 1. The third kappa shape index (κ3) is 2.39. The summed E-state index contributed by atoms with van der Waals surface area (Å²) in [6, 6.07) is 3.47. The average Bonchev–Trinajstić information content (AvgIpc) is 3.18. The lowest BCUT2D eigenvalue weighted by atomic mass is 10.1. The molecule has 0 aliphatic carbocycles. The van der Waals surface area contributed by atoms with Crippen molar-refractivity contribution in [3.8, 4) is 5.82 Å². The first-order valence-electron chi connectivity index (χ1n) is 6.49. The molecule has 0 spiro atoms. The molecule has 1 saturated heterocycles. The Balaban J connectivity index is 1.73. The van der Waals surface area contributed by atoms with Crippen LogP contribution in [0.4, 0.5) is 0 Å². The van der Waals surface area contributed by atoms with Crippen LogP contribution in [-0.4, -0.2) is 55.4 Å². The zero-order chi connectivity index (χ0) is 13.9. The summed E-state index contributed by atoms with van der Waals surface area (Å²) < 4.78 is 1.53. The van der Waals surface area contributed by atoms with Gasteiger partial charge in [-0.1, -0.05) is 0 Å². The van der Waals surface area contributed by atoms with Crippen LogP contribution in [0.15, 0.2) is 31.0 Å². The number of hydrogen-bond acceptors (Lipinski definition) is 5. The van der Waals surface area contributed by atoms with E-state index in [2.05, 4.69) is 15.1 Å². The molecular formula is C13H15N5O2. The summed E-state index contributed by atoms with van der Waals surface area (Å²) in [5.41, 5.74) is 0.549. The van der Waals surface area contributed by atoms with E-state index in [1.54, 1.807) is 29.6 Å². The maximum Gasteiger partial charge on any atom is 0.255 e. The van der Waals surface area contributed by atoms with Crippen molar-refractivity contribution in [2.75, 3.05) is 19.7 Å². The molecule has 1 N–H and O–H groups in total. The van der Waals surface area contributed by atoms with E-state index >= 15 is 0 Å². The molecule has 1 aliphatic heterocycles. The maximum atomic E-state index is 12.3. The van der Waals surface area contributed by atoms with Gasteiger partial charge in [-0.2, -0.15) is 5.10 Å². The molecule has 1 unspecified atom stereocenters. The third-order valence-corrected chi connectivity index (χ3v) is 3.48. The number of nitrogens with zero attached hydrogens (tertiary/aromatic N) is 5. The minimum absolute atomic E-state index is 0.0430. The zero-order valence-electron chi connectivity index (χ0n) is 10.9. The van der Waals surface area contributed by atoms with Crippen molar-refractivity contribution in [1.29, 1.82) is 0 Å². The number of amides is 1. The lowest BCUT2D eigenvalue weighted by molar-refractivity contribution is 0.0781. The van der Waals surface area contributed by atoms with Gasteiger partial charge in [-0.25, -0.2) is 14.6 Å². The smallest absolute Gasteiger partial charge is 0.255 e. The minimum Gasteiger partial charge on any atom is -0.396 e. The standard InChI is InChI=1S/C13H15N5O2/c19-7-10-3-4-17(6-10)13(20)11-1-2-12(15-5-11)18-9-14-8-16-18/h1-2,5,8-10,19H,3-4,6-7H2. The van der Waals surface area contributed by atoms with Crippen molar-refractivity contribution in [3.63, 3.8) is 0 Å². The van der Waals surface area contributed by atoms with Crippen molar-refractivity contribution in [2.45, 2.75) is 6.42 Å². The van der Waals surface area contributed by atoms with E-state index in [0.29, 0.717) is 24.5 Å². The lowest BCUT2D eigenvalue weighted by Crippen LogP contribution is -2.29. The Bertz CT molecular complexity index is 581. The number of aliphatic hydroxyl groups is 1. The number of likely N-dealkylation sites (tertiary alicyclic amines) is 1. The molecular weight excluding hydrogens is 258 g/mol. The van der Waals surface area contributed by atoms with Gasteiger partial charge in [0.15, 0.2) is 5.82 Å². The fourth-order valence-electron chi connectivity index (χ4n) is 2.32. The van der Waals surface area contributed by atoms with Crippen molar-refractivity contribution in [2.24, 2.45) is 5.92 Å². The first-order valence-corrected chi connectivity index (χ1v) is 6.49. The van der Waals surface area contributed by atoms with Crippen molar-refractivity contribution in [3.05, 3.63) is 36.5 Å². The van der Waals surface area contributed by atoms with Crippen LogP contribution in [0.3, 0.4) is 0 Å². The molecule has 7 heteroatoms. The van der Waals surface area contributed by atoms with Crippen molar-refractivity contribution < 1.29 is 9.90 Å². The molecule has 0 aromatic carbocycles. The third-order valence-electron chi connectivity index (χ3n) is 3.48. The highest BCUT2D eigenvalue weighted by molar-refractivity contribution is 5.94. The Labute approximate surface area is 115 Å². The Kier molecular flexibility index (Phi) is 3.42. The molecule has 20 heavy (non-hydrogen) atoms. The van der Waals surface area contributed by atoms with Crippen LogP contribution in [0.25, 0.3) is 5.82 Å². The van der Waals surface area contributed by atoms with Crippen molar-refractivity contribution >= 4 is 5.91 Å². The van der Waals surface area contributed by atoms with Gasteiger partial charge in [-0.05, 0) is 18.6 Å². The van der Waals surface area contributed by atoms with Crippen LogP contribution in [0.2, 0.25) is 0 Å². The Morgan fingerprint density at radius 1 is 1.45 bits per heavy atom. The Hall–Kier alpha value is -2.28. The second-order valence-corrected chi connectivity index (χ2v) is 4.83. The normalized spacial score (nSPS) is 18.4. The van der Waals surface area contributed by atoms with Gasteiger partial charge < -0.3 is 10.0 Å². The molecule has 2 aromatic rings. The molecule has 3 rings (SSSR count). The fourth-order valence-corrected chi connectivity index (χ4v) is 2.32. The van der Waals surface area contributed by atoms with E-state index in [1.165, 1.54) is 11.0 Å². The quantitative estimate of drug-likeness (QED) is 0.858. The van der Waals surface area contributed by atoms with Gasteiger partial charge in [0.05, 0.1) is 5.56 Å². The van der Waals surface area contributed by atoms with Crippen molar-refractivity contribution in [1.82, 2.24) is 24.6 Å². The molecule has 0 bridgehead atoms. The lowest BCUT2D eigenvalue weighted by Gasteiger charge is -2.16. The monoisotopic (exact) mass is 273 g/mol. The summed E-state index contributed by atoms with van der Waals surface area (Å²) in [6.07, 6.45) is 5.38. The van der Waals surface area contributed by atoms with Gasteiger partial charge in [0.2, 0.25) is 0 Å². The molecule has 1 atom stereocenters. The van der Waals surface area contributed by atoms with Crippen LogP contribution in [0.5, 0.6) is 0 Å². The highest BCUT2D eigenvalue weighted by atomic mass is 16.3. The molecule has 3 heterocycles. The highest BCUT2D eigenvalue weighted by Gasteiger charge is 2.26. The number of aromatic nitrogens is 4. The fraction of sp³-hybridized carbons (Fsp3) is 0.385. The molecule has 7 nitrogen and oxygen atoms in total. The predicted molar refractivity (Wildman–Crippen MR) is 70.3 cm³/mol. The summed E-state index contributed by atoms with van der Waals surface area (Å²) >= 11 is 0. The molecule has 0 saturated carbocycles.